The van der Waals surface area contributed by atoms with E-state index in [1.165, 1.54) is 18.9 Å². The van der Waals surface area contributed by atoms with E-state index in [0.717, 1.165) is 25.7 Å². The molecule has 1 unspecified atom stereocenters. The van der Waals surface area contributed by atoms with Gasteiger partial charge in [-0.05, 0) is 24.8 Å². The van der Waals surface area contributed by atoms with Crippen LogP contribution in [0.5, 0.6) is 0 Å². The maximum absolute atomic E-state index is 12.3. The highest BCUT2D eigenvalue weighted by molar-refractivity contribution is 5.94. The summed E-state index contributed by atoms with van der Waals surface area (Å²) in [5.74, 6) is -0.426. The number of amides is 2. The molecular weight excluding hydrogens is 282 g/mol. The molecule has 6 nitrogen and oxygen atoms in total. The molecule has 0 spiro atoms. The summed E-state index contributed by atoms with van der Waals surface area (Å²) in [6, 6.07) is 3.50. The average Bonchev–Trinajstić information content (AvgIpc) is 3.08. The molecule has 1 heterocycles. The number of nitrogens with one attached hydrogen (secondary N) is 2. The average molecular weight is 303 g/mol. The summed E-state index contributed by atoms with van der Waals surface area (Å²) in [6.07, 6.45) is 8.22. The standard InChI is InChI=1S/C16H21N3O3/c17-7-8-18-16(21)14(12-4-2-1-3-5-12)10-19-15(20)13-6-9-22-11-13/h6,9,11-12,14H,1-5,8,10H2,(H,18,21)(H,19,20). The van der Waals surface area contributed by atoms with E-state index in [2.05, 4.69) is 10.6 Å². The first-order chi connectivity index (χ1) is 10.7. The van der Waals surface area contributed by atoms with Crippen molar-refractivity contribution in [2.24, 2.45) is 11.8 Å². The van der Waals surface area contributed by atoms with Gasteiger partial charge in [0.25, 0.3) is 5.91 Å². The van der Waals surface area contributed by atoms with Gasteiger partial charge in [-0.3, -0.25) is 9.59 Å². The Bertz CT molecular complexity index is 527. The zero-order chi connectivity index (χ0) is 15.8. The summed E-state index contributed by atoms with van der Waals surface area (Å²) in [7, 11) is 0. The lowest BCUT2D eigenvalue weighted by Crippen LogP contribution is -2.43. The lowest BCUT2D eigenvalue weighted by Gasteiger charge is -2.29. The second kappa shape index (κ2) is 8.23. The van der Waals surface area contributed by atoms with Crippen molar-refractivity contribution in [3.05, 3.63) is 24.2 Å². The zero-order valence-corrected chi connectivity index (χ0v) is 12.5. The van der Waals surface area contributed by atoms with E-state index in [4.69, 9.17) is 9.68 Å². The van der Waals surface area contributed by atoms with E-state index < -0.39 is 0 Å². The topological polar surface area (TPSA) is 95.1 Å². The maximum Gasteiger partial charge on any atom is 0.254 e. The fourth-order valence-corrected chi connectivity index (χ4v) is 2.97. The van der Waals surface area contributed by atoms with Gasteiger partial charge in [0.15, 0.2) is 0 Å². The molecule has 2 amide bonds. The van der Waals surface area contributed by atoms with Crippen LogP contribution in [0.15, 0.2) is 23.0 Å². The molecule has 0 bridgehead atoms. The molecule has 1 atom stereocenters. The molecular formula is C16H21N3O3. The van der Waals surface area contributed by atoms with Crippen LogP contribution in [0.2, 0.25) is 0 Å². The van der Waals surface area contributed by atoms with Crippen LogP contribution < -0.4 is 10.6 Å². The van der Waals surface area contributed by atoms with Crippen LogP contribution >= 0.6 is 0 Å². The third kappa shape index (κ3) is 4.35. The van der Waals surface area contributed by atoms with Crippen LogP contribution in [0.25, 0.3) is 0 Å². The minimum Gasteiger partial charge on any atom is -0.472 e. The molecule has 2 rings (SSSR count). The molecule has 1 fully saturated rings. The smallest absolute Gasteiger partial charge is 0.254 e. The van der Waals surface area contributed by atoms with Crippen LogP contribution in [0, 0.1) is 23.2 Å². The summed E-state index contributed by atoms with van der Waals surface area (Å²) in [6.45, 7) is 0.281. The lowest BCUT2D eigenvalue weighted by atomic mass is 9.79. The molecule has 1 aliphatic rings. The van der Waals surface area contributed by atoms with Crippen molar-refractivity contribution in [3.63, 3.8) is 0 Å². The predicted molar refractivity (Wildman–Crippen MR) is 79.7 cm³/mol. The van der Waals surface area contributed by atoms with E-state index in [0.29, 0.717) is 5.56 Å². The van der Waals surface area contributed by atoms with Gasteiger partial charge >= 0.3 is 0 Å². The van der Waals surface area contributed by atoms with Gasteiger partial charge < -0.3 is 15.1 Å². The Balaban J connectivity index is 1.95. The Morgan fingerprint density at radius 2 is 2.09 bits per heavy atom. The van der Waals surface area contributed by atoms with Gasteiger partial charge in [-0.2, -0.15) is 5.26 Å². The van der Waals surface area contributed by atoms with Crippen LogP contribution in [0.3, 0.4) is 0 Å². The molecule has 0 saturated heterocycles. The number of carbonyl (C=O) groups is 2. The minimum atomic E-state index is -0.287. The van der Waals surface area contributed by atoms with Gasteiger partial charge in [0.1, 0.15) is 12.8 Å². The van der Waals surface area contributed by atoms with Crippen molar-refractivity contribution in [3.8, 4) is 6.07 Å². The van der Waals surface area contributed by atoms with Crippen LogP contribution in [-0.4, -0.2) is 24.9 Å². The third-order valence-corrected chi connectivity index (χ3v) is 4.16. The Morgan fingerprint density at radius 1 is 1.32 bits per heavy atom. The van der Waals surface area contributed by atoms with Crippen molar-refractivity contribution in [1.82, 2.24) is 10.6 Å². The van der Waals surface area contributed by atoms with Crippen molar-refractivity contribution in [2.45, 2.75) is 32.1 Å². The Labute approximate surface area is 129 Å². The Hall–Kier alpha value is -2.29. The summed E-state index contributed by atoms with van der Waals surface area (Å²) in [4.78, 5) is 24.2. The molecule has 118 valence electrons. The predicted octanol–water partition coefficient (Wildman–Crippen LogP) is 1.85. The van der Waals surface area contributed by atoms with E-state index in [9.17, 15) is 9.59 Å². The SMILES string of the molecule is N#CCNC(=O)C(CNC(=O)c1ccoc1)C1CCCCC1. The molecule has 0 aliphatic heterocycles. The number of rotatable bonds is 6. The van der Waals surface area contributed by atoms with Crippen molar-refractivity contribution in [2.75, 3.05) is 13.1 Å². The van der Waals surface area contributed by atoms with E-state index in [1.54, 1.807) is 6.07 Å². The van der Waals surface area contributed by atoms with Crippen LogP contribution in [-0.2, 0) is 4.79 Å². The first kappa shape index (κ1) is 16.1. The number of furan rings is 1. The molecule has 2 N–H and O–H groups in total. The molecule has 1 saturated carbocycles. The van der Waals surface area contributed by atoms with E-state index in [1.807, 2.05) is 6.07 Å². The normalized spacial score (nSPS) is 16.5. The van der Waals surface area contributed by atoms with Crippen molar-refractivity contribution >= 4 is 11.8 Å². The summed E-state index contributed by atoms with van der Waals surface area (Å²) >= 11 is 0. The third-order valence-electron chi connectivity index (χ3n) is 4.16. The highest BCUT2D eigenvalue weighted by atomic mass is 16.3. The molecule has 22 heavy (non-hydrogen) atoms. The largest absolute Gasteiger partial charge is 0.472 e. The molecule has 0 radical (unpaired) electrons. The van der Waals surface area contributed by atoms with Gasteiger partial charge in [-0.25, -0.2) is 0 Å². The van der Waals surface area contributed by atoms with Crippen molar-refractivity contribution < 1.29 is 14.0 Å². The molecule has 6 heteroatoms. The van der Waals surface area contributed by atoms with Gasteiger partial charge in [0.05, 0.1) is 23.8 Å². The number of hydrogen-bond acceptors (Lipinski definition) is 4. The van der Waals surface area contributed by atoms with Crippen LogP contribution in [0.1, 0.15) is 42.5 Å². The fraction of sp³-hybridized carbons (Fsp3) is 0.562. The number of carbonyl (C=O) groups excluding carboxylic acids is 2. The number of nitriles is 1. The quantitative estimate of drug-likeness (QED) is 0.784. The number of nitrogens with zero attached hydrogens (tertiary/aromatic N) is 1. The number of hydrogen-bond donors (Lipinski definition) is 2. The maximum atomic E-state index is 12.3. The van der Waals surface area contributed by atoms with Crippen LogP contribution in [0.4, 0.5) is 0 Å². The molecule has 1 aromatic rings. The minimum absolute atomic E-state index is 0.00225. The second-order valence-electron chi connectivity index (χ2n) is 5.60. The van der Waals surface area contributed by atoms with Gasteiger partial charge in [-0.1, -0.05) is 19.3 Å². The highest BCUT2D eigenvalue weighted by Gasteiger charge is 2.29. The molecule has 0 aromatic carbocycles. The summed E-state index contributed by atoms with van der Waals surface area (Å²) in [5.41, 5.74) is 0.444. The van der Waals surface area contributed by atoms with E-state index >= 15 is 0 Å². The van der Waals surface area contributed by atoms with E-state index in [-0.39, 0.29) is 36.7 Å². The molecule has 1 aliphatic carbocycles. The van der Waals surface area contributed by atoms with Gasteiger partial charge in [0, 0.05) is 6.54 Å². The second-order valence-corrected chi connectivity index (χ2v) is 5.60. The fourth-order valence-electron chi connectivity index (χ4n) is 2.97. The van der Waals surface area contributed by atoms with Crippen molar-refractivity contribution in [1.29, 1.82) is 5.26 Å². The summed E-state index contributed by atoms with van der Waals surface area (Å²) < 4.78 is 4.88. The monoisotopic (exact) mass is 303 g/mol. The zero-order valence-electron chi connectivity index (χ0n) is 12.5. The lowest BCUT2D eigenvalue weighted by molar-refractivity contribution is -0.126. The first-order valence-electron chi connectivity index (χ1n) is 7.67. The van der Waals surface area contributed by atoms with Gasteiger partial charge in [0.2, 0.25) is 5.91 Å². The first-order valence-corrected chi connectivity index (χ1v) is 7.67. The highest BCUT2D eigenvalue weighted by Crippen LogP contribution is 2.30. The summed E-state index contributed by atoms with van der Waals surface area (Å²) in [5, 5.41) is 14.0. The Kier molecular flexibility index (Phi) is 6.01. The molecule has 1 aromatic heterocycles. The Morgan fingerprint density at radius 3 is 2.73 bits per heavy atom. The van der Waals surface area contributed by atoms with Gasteiger partial charge in [-0.15, -0.1) is 0 Å².